The van der Waals surface area contributed by atoms with Crippen LogP contribution in [0.25, 0.3) is 0 Å². The van der Waals surface area contributed by atoms with Crippen molar-refractivity contribution in [2.45, 2.75) is 59.3 Å². The highest BCUT2D eigenvalue weighted by atomic mass is 32.1. The van der Waals surface area contributed by atoms with E-state index in [4.69, 9.17) is 4.79 Å². The highest BCUT2D eigenvalue weighted by Crippen LogP contribution is 2.60. The highest BCUT2D eigenvalue weighted by molar-refractivity contribution is 7.12. The van der Waals surface area contributed by atoms with Gasteiger partial charge in [0.1, 0.15) is 18.3 Å². The minimum atomic E-state index is -2.78. The Hall–Kier alpha value is -2.09. The molecule has 27 heavy (non-hydrogen) atoms. The summed E-state index contributed by atoms with van der Waals surface area (Å²) in [6.45, 7) is 8.75. The Morgan fingerprint density at radius 2 is 2.04 bits per heavy atom. The number of hydrogen-bond donors (Lipinski definition) is 2. The van der Waals surface area contributed by atoms with Crippen LogP contribution in [0.3, 0.4) is 0 Å². The molecule has 0 unspecified atom stereocenters. The molecular formula is C19H28F2N2O3S. The van der Waals surface area contributed by atoms with Crippen LogP contribution >= 0.6 is 11.3 Å². The van der Waals surface area contributed by atoms with Crippen molar-refractivity contribution in [2.24, 2.45) is 10.5 Å². The fraction of sp³-hybridized carbons (Fsp3) is 0.526. The first-order valence-electron chi connectivity index (χ1n) is 8.73. The molecule has 1 aliphatic carbocycles. The number of aliphatic hydroxyl groups excluding tert-OH is 1. The molecule has 0 atom stereocenters. The second kappa shape index (κ2) is 11.6. The second-order valence-electron chi connectivity index (χ2n) is 5.84. The van der Waals surface area contributed by atoms with Gasteiger partial charge in [-0.1, -0.05) is 26.8 Å². The van der Waals surface area contributed by atoms with Gasteiger partial charge in [0.15, 0.2) is 0 Å². The van der Waals surface area contributed by atoms with Gasteiger partial charge in [-0.3, -0.25) is 4.79 Å². The van der Waals surface area contributed by atoms with E-state index in [9.17, 15) is 18.7 Å². The summed E-state index contributed by atoms with van der Waals surface area (Å²) in [7, 11) is 0. The van der Waals surface area contributed by atoms with Gasteiger partial charge in [0.25, 0.3) is 5.92 Å². The Labute approximate surface area is 163 Å². The van der Waals surface area contributed by atoms with E-state index in [2.05, 4.69) is 10.5 Å². The summed E-state index contributed by atoms with van der Waals surface area (Å²) in [4.78, 5) is 19.2. The quantitative estimate of drug-likeness (QED) is 0.275. The predicted molar refractivity (Wildman–Crippen MR) is 105 cm³/mol. The van der Waals surface area contributed by atoms with E-state index < -0.39 is 11.3 Å². The van der Waals surface area contributed by atoms with Crippen molar-refractivity contribution in [3.63, 3.8) is 0 Å². The maximum absolute atomic E-state index is 13.8. The van der Waals surface area contributed by atoms with Crippen LogP contribution in [0.4, 0.5) is 8.78 Å². The lowest BCUT2D eigenvalue weighted by Crippen LogP contribution is -2.27. The molecule has 1 aliphatic rings. The number of nitrogens with zero attached hydrogens (tertiary/aromatic N) is 1. The van der Waals surface area contributed by atoms with E-state index in [1.54, 1.807) is 12.1 Å². The van der Waals surface area contributed by atoms with Gasteiger partial charge in [-0.15, -0.1) is 11.3 Å². The Morgan fingerprint density at radius 1 is 1.44 bits per heavy atom. The van der Waals surface area contributed by atoms with Crippen LogP contribution in [0.2, 0.25) is 0 Å². The van der Waals surface area contributed by atoms with Gasteiger partial charge in [0.2, 0.25) is 6.41 Å². The fourth-order valence-electron chi connectivity index (χ4n) is 2.60. The summed E-state index contributed by atoms with van der Waals surface area (Å²) in [5.74, 6) is -2.91. The molecule has 1 heterocycles. The van der Waals surface area contributed by atoms with Crippen molar-refractivity contribution in [1.29, 1.82) is 0 Å². The number of rotatable bonds is 8. The molecule has 8 heteroatoms. The van der Waals surface area contributed by atoms with E-state index >= 15 is 0 Å². The van der Waals surface area contributed by atoms with Crippen LogP contribution in [-0.4, -0.2) is 29.9 Å². The van der Waals surface area contributed by atoms with Gasteiger partial charge in [-0.25, -0.2) is 14.2 Å². The number of aliphatic hydroxyl groups is 1. The van der Waals surface area contributed by atoms with Crippen molar-refractivity contribution < 1.29 is 23.5 Å². The molecule has 1 saturated carbocycles. The van der Waals surface area contributed by atoms with Crippen LogP contribution in [-0.2, 0) is 9.59 Å². The summed E-state index contributed by atoms with van der Waals surface area (Å²) >= 11 is 1.35. The summed E-state index contributed by atoms with van der Waals surface area (Å²) in [5, 5.41) is 16.3. The molecule has 2 rings (SSSR count). The van der Waals surface area contributed by atoms with Crippen LogP contribution in [0, 0.1) is 5.41 Å². The molecule has 0 aromatic carbocycles. The maximum atomic E-state index is 13.8. The molecule has 0 spiro atoms. The van der Waals surface area contributed by atoms with Gasteiger partial charge in [-0.05, 0) is 49.6 Å². The number of thiophene rings is 1. The zero-order valence-electron chi connectivity index (χ0n) is 16.2. The van der Waals surface area contributed by atoms with E-state index in [1.165, 1.54) is 11.3 Å². The number of hydrogen-bond acceptors (Lipinski definition) is 5. The molecule has 0 bridgehead atoms. The molecule has 1 amide bonds. The first-order chi connectivity index (χ1) is 12.8. The van der Waals surface area contributed by atoms with Crippen molar-refractivity contribution >= 4 is 30.2 Å². The van der Waals surface area contributed by atoms with Gasteiger partial charge in [0, 0.05) is 5.41 Å². The van der Waals surface area contributed by atoms with Crippen LogP contribution in [0.5, 0.6) is 0 Å². The third-order valence-corrected chi connectivity index (χ3v) is 5.18. The summed E-state index contributed by atoms with van der Waals surface area (Å²) in [6.07, 6.45) is 1.87. The first kappa shape index (κ1) is 24.9. The number of carbonyl (C=O) groups excluding carboxylic acids is 2. The number of carbonyl (C=O) groups is 2. The first-order valence-corrected chi connectivity index (χ1v) is 9.61. The topological polar surface area (TPSA) is 78.8 Å². The molecule has 152 valence electrons. The normalized spacial score (nSPS) is 16.0. The second-order valence-corrected chi connectivity index (χ2v) is 6.78. The van der Waals surface area contributed by atoms with Crippen molar-refractivity contribution in [3.8, 4) is 0 Å². The molecule has 1 fully saturated rings. The number of alkyl halides is 2. The number of halogens is 2. The zero-order valence-corrected chi connectivity index (χ0v) is 17.0. The number of nitrogens with one attached hydrogen (secondary N) is 1. The largest absolute Gasteiger partial charge is 0.506 e. The molecule has 0 aliphatic heterocycles. The lowest BCUT2D eigenvalue weighted by atomic mass is 9.88. The van der Waals surface area contributed by atoms with Gasteiger partial charge in [0.05, 0.1) is 4.88 Å². The Kier molecular flexibility index (Phi) is 10.7. The summed E-state index contributed by atoms with van der Waals surface area (Å²) < 4.78 is 27.6. The Balaban J connectivity index is 0.00000158. The number of allylic oxidation sites excluding steroid dienone is 2. The van der Waals surface area contributed by atoms with E-state index in [1.807, 2.05) is 32.9 Å². The van der Waals surface area contributed by atoms with Gasteiger partial charge < -0.3 is 9.90 Å². The molecule has 2 N–H and O–H groups in total. The third-order valence-electron chi connectivity index (χ3n) is 4.31. The smallest absolute Gasteiger partial charge is 0.251 e. The van der Waals surface area contributed by atoms with Crippen molar-refractivity contribution in [2.75, 3.05) is 0 Å². The molecule has 0 radical (unpaired) electrons. The van der Waals surface area contributed by atoms with Crippen LogP contribution in [0.1, 0.15) is 58.3 Å². The lowest BCUT2D eigenvalue weighted by Gasteiger charge is -2.24. The van der Waals surface area contributed by atoms with E-state index in [0.717, 1.165) is 6.92 Å². The maximum Gasteiger partial charge on any atom is 0.251 e. The molecule has 1 aromatic heterocycles. The molecule has 1 aromatic rings. The lowest BCUT2D eigenvalue weighted by molar-refractivity contribution is -0.109. The SMILES string of the molecule is C=O.CC.CC/C(CC1(C(C)(F)F)CC1)=C(O)/C(=N\NC=O)c1cccs1. The molecule has 5 nitrogen and oxygen atoms in total. The Morgan fingerprint density at radius 3 is 2.41 bits per heavy atom. The number of hydrazone groups is 1. The van der Waals surface area contributed by atoms with Crippen molar-refractivity contribution in [3.05, 3.63) is 33.7 Å². The highest BCUT2D eigenvalue weighted by Gasteiger charge is 2.58. The van der Waals surface area contributed by atoms with Crippen LogP contribution < -0.4 is 5.43 Å². The van der Waals surface area contributed by atoms with Crippen molar-refractivity contribution in [1.82, 2.24) is 5.43 Å². The molecule has 0 saturated heterocycles. The third kappa shape index (κ3) is 6.53. The van der Waals surface area contributed by atoms with Crippen LogP contribution in [0.15, 0.2) is 33.9 Å². The number of amides is 1. The standard InChI is InChI=1S/C16H20F2N2O2S.C2H6.CH2O/c1-3-11(9-16(6-7-16)15(2,17)18)14(22)13(20-19-10-21)12-5-4-8-23-12;2*1-2/h4-5,8,10,22H,3,6-7,9H2,1-2H3,(H,19,21);1-2H3;1H2/b14-11+,20-13-;;. The van der Waals surface area contributed by atoms with E-state index in [-0.39, 0.29) is 17.9 Å². The van der Waals surface area contributed by atoms with Gasteiger partial charge in [-0.2, -0.15) is 5.10 Å². The Bertz CT molecular complexity index is 634. The average Bonchev–Trinajstić information content (AvgIpc) is 3.29. The van der Waals surface area contributed by atoms with E-state index in [0.29, 0.717) is 36.1 Å². The summed E-state index contributed by atoms with van der Waals surface area (Å²) in [6, 6.07) is 3.54. The summed E-state index contributed by atoms with van der Waals surface area (Å²) in [5.41, 5.74) is 1.85. The fourth-order valence-corrected chi connectivity index (χ4v) is 3.32. The monoisotopic (exact) mass is 402 g/mol. The van der Waals surface area contributed by atoms with Gasteiger partial charge >= 0.3 is 0 Å². The minimum absolute atomic E-state index is 0.125. The molecular weight excluding hydrogens is 374 g/mol. The average molecular weight is 403 g/mol. The minimum Gasteiger partial charge on any atom is -0.506 e. The predicted octanol–water partition coefficient (Wildman–Crippen LogP) is 5.09. The zero-order chi connectivity index (χ0) is 21.1.